The number of nitrogens with one attached hydrogen (secondary N) is 2. The molecule has 0 aliphatic carbocycles. The van der Waals surface area contributed by atoms with Crippen molar-refractivity contribution >= 4 is 34.7 Å². The van der Waals surface area contributed by atoms with Gasteiger partial charge in [-0.15, -0.1) is 6.42 Å². The fourth-order valence-electron chi connectivity index (χ4n) is 2.68. The number of ketones is 1. The third-order valence-electron chi connectivity index (χ3n) is 3.61. The summed E-state index contributed by atoms with van der Waals surface area (Å²) in [5, 5.41) is 6.87. The van der Waals surface area contributed by atoms with Crippen LogP contribution in [-0.2, 0) is 4.79 Å². The lowest BCUT2D eigenvalue weighted by molar-refractivity contribution is -0.114. The second-order valence-electron chi connectivity index (χ2n) is 5.38. The van der Waals surface area contributed by atoms with E-state index in [1.54, 1.807) is 12.1 Å². The molecule has 0 saturated carbocycles. The molecule has 7 heteroatoms. The van der Waals surface area contributed by atoms with Crippen LogP contribution >= 0.6 is 23.8 Å². The van der Waals surface area contributed by atoms with Crippen LogP contribution in [0.25, 0.3) is 0 Å². The van der Waals surface area contributed by atoms with E-state index in [1.165, 1.54) is 6.92 Å². The summed E-state index contributed by atoms with van der Waals surface area (Å²) >= 11 is 11.6. The molecule has 0 radical (unpaired) electrons. The SMILES string of the molecule is C#CCOc1c(Cl)cc([C@H]2NC(=S)NC(C)=C2C(C)=O)cc1OCC. The van der Waals surface area contributed by atoms with E-state index in [1.807, 2.05) is 13.8 Å². The van der Waals surface area contributed by atoms with Gasteiger partial charge in [0.2, 0.25) is 0 Å². The van der Waals surface area contributed by atoms with Crippen molar-refractivity contribution in [1.29, 1.82) is 0 Å². The quantitative estimate of drug-likeness (QED) is 0.586. The normalized spacial score (nSPS) is 16.6. The Bertz CT molecular complexity index is 783. The summed E-state index contributed by atoms with van der Waals surface area (Å²) in [7, 11) is 0. The third kappa shape index (κ3) is 4.25. The molecule has 0 saturated heterocycles. The zero-order chi connectivity index (χ0) is 18.6. The van der Waals surface area contributed by atoms with E-state index in [9.17, 15) is 4.79 Å². The van der Waals surface area contributed by atoms with Gasteiger partial charge in [0.05, 0.1) is 17.7 Å². The first kappa shape index (κ1) is 19.1. The monoisotopic (exact) mass is 378 g/mol. The largest absolute Gasteiger partial charge is 0.490 e. The zero-order valence-corrected chi connectivity index (χ0v) is 15.8. The highest BCUT2D eigenvalue weighted by Crippen LogP contribution is 2.40. The number of ether oxygens (including phenoxy) is 2. The molecular formula is C18H19ClN2O3S. The molecule has 1 aliphatic heterocycles. The van der Waals surface area contributed by atoms with Crippen molar-refractivity contribution in [2.45, 2.75) is 26.8 Å². The van der Waals surface area contributed by atoms with E-state index in [2.05, 4.69) is 16.6 Å². The van der Waals surface area contributed by atoms with Crippen molar-refractivity contribution in [1.82, 2.24) is 10.6 Å². The van der Waals surface area contributed by atoms with Crippen LogP contribution in [0.15, 0.2) is 23.4 Å². The molecule has 2 N–H and O–H groups in total. The molecule has 132 valence electrons. The molecule has 25 heavy (non-hydrogen) atoms. The maximum Gasteiger partial charge on any atom is 0.181 e. The summed E-state index contributed by atoms with van der Waals surface area (Å²) in [6.07, 6.45) is 5.25. The van der Waals surface area contributed by atoms with E-state index in [4.69, 9.17) is 39.7 Å². The van der Waals surface area contributed by atoms with E-state index in [-0.39, 0.29) is 12.4 Å². The lowest BCUT2D eigenvalue weighted by Crippen LogP contribution is -2.44. The predicted molar refractivity (Wildman–Crippen MR) is 102 cm³/mol. The molecule has 0 amide bonds. The Morgan fingerprint density at radius 3 is 2.76 bits per heavy atom. The van der Waals surface area contributed by atoms with Crippen molar-refractivity contribution < 1.29 is 14.3 Å². The minimum Gasteiger partial charge on any atom is -0.490 e. The molecule has 1 aromatic carbocycles. The number of hydrogen-bond donors (Lipinski definition) is 2. The zero-order valence-electron chi connectivity index (χ0n) is 14.2. The minimum absolute atomic E-state index is 0.0632. The van der Waals surface area contributed by atoms with E-state index in [0.29, 0.717) is 39.5 Å². The smallest absolute Gasteiger partial charge is 0.181 e. The standard InChI is InChI=1S/C18H19ClN2O3S/c1-5-7-24-17-13(19)8-12(9-14(17)23-6-2)16-15(11(4)22)10(3)20-18(25)21-16/h1,8-9,16H,6-7H2,2-4H3,(H2,20,21,25)/t16-/m1/s1. The Balaban J connectivity index is 2.54. The molecule has 1 aliphatic rings. The van der Waals surface area contributed by atoms with Gasteiger partial charge in [0.25, 0.3) is 0 Å². The van der Waals surface area contributed by atoms with Gasteiger partial charge in [0.1, 0.15) is 6.61 Å². The van der Waals surface area contributed by atoms with Crippen molar-refractivity contribution in [3.63, 3.8) is 0 Å². The molecule has 0 bridgehead atoms. The predicted octanol–water partition coefficient (Wildman–Crippen LogP) is 3.13. The lowest BCUT2D eigenvalue weighted by Gasteiger charge is -2.30. The van der Waals surface area contributed by atoms with Gasteiger partial charge in [-0.3, -0.25) is 4.79 Å². The van der Waals surface area contributed by atoms with Crippen molar-refractivity contribution in [3.05, 3.63) is 34.0 Å². The molecule has 2 rings (SSSR count). The first-order valence-corrected chi connectivity index (χ1v) is 8.49. The number of hydrogen-bond acceptors (Lipinski definition) is 4. The highest BCUT2D eigenvalue weighted by atomic mass is 35.5. The third-order valence-corrected chi connectivity index (χ3v) is 4.11. The number of Topliss-reactive ketones (excluding diaryl/α,β-unsaturated/α-hetero) is 1. The molecule has 1 aromatic rings. The van der Waals surface area contributed by atoms with Crippen LogP contribution in [0.2, 0.25) is 5.02 Å². The summed E-state index contributed by atoms with van der Waals surface area (Å²) in [6, 6.07) is 3.07. The van der Waals surface area contributed by atoms with Gasteiger partial charge in [-0.2, -0.15) is 0 Å². The van der Waals surface area contributed by atoms with E-state index < -0.39 is 6.04 Å². The van der Waals surface area contributed by atoms with Gasteiger partial charge in [0, 0.05) is 11.3 Å². The average molecular weight is 379 g/mol. The molecule has 0 aromatic heterocycles. The number of benzene rings is 1. The van der Waals surface area contributed by atoms with Crippen LogP contribution in [0.3, 0.4) is 0 Å². The molecule has 0 fully saturated rings. The molecule has 5 nitrogen and oxygen atoms in total. The number of allylic oxidation sites excluding steroid dienone is 1. The Morgan fingerprint density at radius 1 is 1.44 bits per heavy atom. The van der Waals surface area contributed by atoms with Gasteiger partial charge in [-0.05, 0) is 50.7 Å². The second-order valence-corrected chi connectivity index (χ2v) is 6.20. The molecule has 1 atom stereocenters. The fraction of sp³-hybridized carbons (Fsp3) is 0.333. The Hall–Kier alpha value is -2.23. The van der Waals surface area contributed by atoms with Crippen LogP contribution < -0.4 is 20.1 Å². The van der Waals surface area contributed by atoms with Crippen LogP contribution in [0.5, 0.6) is 11.5 Å². The van der Waals surface area contributed by atoms with Crippen LogP contribution in [0.4, 0.5) is 0 Å². The maximum atomic E-state index is 12.1. The first-order chi connectivity index (χ1) is 11.9. The van der Waals surface area contributed by atoms with E-state index >= 15 is 0 Å². The number of halogens is 1. The topological polar surface area (TPSA) is 59.6 Å². The fourth-order valence-corrected chi connectivity index (χ4v) is 3.23. The van der Waals surface area contributed by atoms with E-state index in [0.717, 1.165) is 5.56 Å². The summed E-state index contributed by atoms with van der Waals surface area (Å²) in [5.41, 5.74) is 2.04. The van der Waals surface area contributed by atoms with Crippen molar-refractivity contribution in [2.75, 3.05) is 13.2 Å². The van der Waals surface area contributed by atoms with Crippen LogP contribution in [0.1, 0.15) is 32.4 Å². The van der Waals surface area contributed by atoms with Gasteiger partial charge in [-0.25, -0.2) is 0 Å². The highest BCUT2D eigenvalue weighted by molar-refractivity contribution is 7.80. The van der Waals surface area contributed by atoms with Gasteiger partial charge >= 0.3 is 0 Å². The summed E-state index contributed by atoms with van der Waals surface area (Å²) in [6.45, 7) is 5.69. The molecule has 0 unspecified atom stereocenters. The minimum atomic E-state index is -0.426. The first-order valence-electron chi connectivity index (χ1n) is 7.70. The van der Waals surface area contributed by atoms with Crippen molar-refractivity contribution in [2.24, 2.45) is 0 Å². The number of terminal acetylenes is 1. The van der Waals surface area contributed by atoms with Crippen LogP contribution in [0, 0.1) is 12.3 Å². The summed E-state index contributed by atoms with van der Waals surface area (Å²) < 4.78 is 11.1. The number of thiocarbonyl (C=S) groups is 1. The van der Waals surface area contributed by atoms with Gasteiger partial charge < -0.3 is 20.1 Å². The van der Waals surface area contributed by atoms with Crippen molar-refractivity contribution in [3.8, 4) is 23.8 Å². The highest BCUT2D eigenvalue weighted by Gasteiger charge is 2.29. The maximum absolute atomic E-state index is 12.1. The molecule has 0 spiro atoms. The van der Waals surface area contributed by atoms with Crippen LogP contribution in [-0.4, -0.2) is 24.1 Å². The Labute approximate surface area is 157 Å². The van der Waals surface area contributed by atoms with Gasteiger partial charge in [0.15, 0.2) is 22.4 Å². The number of carbonyl (C=O) groups is 1. The number of carbonyl (C=O) groups excluding carboxylic acids is 1. The van der Waals surface area contributed by atoms with Gasteiger partial charge in [-0.1, -0.05) is 17.5 Å². The lowest BCUT2D eigenvalue weighted by atomic mass is 9.93. The Morgan fingerprint density at radius 2 is 2.16 bits per heavy atom. The second kappa shape index (κ2) is 8.24. The average Bonchev–Trinajstić information content (AvgIpc) is 2.53. The summed E-state index contributed by atoms with van der Waals surface area (Å²) in [4.78, 5) is 12.1. The number of rotatable bonds is 6. The Kier molecular flexibility index (Phi) is 6.29. The molecule has 1 heterocycles. The summed E-state index contributed by atoms with van der Waals surface area (Å²) in [5.74, 6) is 3.18. The molecular weight excluding hydrogens is 360 g/mol.